The first kappa shape index (κ1) is 18.5. The molecule has 2 aromatic rings. The van der Waals surface area contributed by atoms with Crippen molar-refractivity contribution in [3.8, 4) is 0 Å². The number of hydrogen-bond acceptors (Lipinski definition) is 7. The predicted molar refractivity (Wildman–Crippen MR) is 105 cm³/mol. The molecule has 3 heterocycles. The van der Waals surface area contributed by atoms with Crippen molar-refractivity contribution >= 4 is 38.8 Å². The highest BCUT2D eigenvalue weighted by Crippen LogP contribution is 2.33. The maximum absolute atomic E-state index is 14.7. The molecule has 1 aromatic carbocycles. The van der Waals surface area contributed by atoms with Crippen LogP contribution < -0.4 is 14.7 Å². The number of carbonyl (C=O) groups excluding carboxylic acids is 1. The Labute approximate surface area is 164 Å². The minimum atomic E-state index is -0.522. The van der Waals surface area contributed by atoms with Gasteiger partial charge in [0.1, 0.15) is 11.9 Å². The summed E-state index contributed by atoms with van der Waals surface area (Å²) in [6, 6.07) is 7.96. The number of benzene rings is 1. The SMILES string of the molecule is [CH2][C@@H]1CN(c2ccc(N3CCN(c4ccc([N+](=O)[O-])s4)CC3)c(F)c2)C(=O)O1. The van der Waals surface area contributed by atoms with Crippen molar-refractivity contribution in [2.75, 3.05) is 47.4 Å². The first-order valence-corrected chi connectivity index (χ1v) is 9.59. The van der Waals surface area contributed by atoms with E-state index in [9.17, 15) is 19.3 Å². The van der Waals surface area contributed by atoms with Gasteiger partial charge < -0.3 is 14.5 Å². The number of ether oxygens (including phenoxy) is 1. The zero-order valence-corrected chi connectivity index (χ0v) is 15.7. The highest BCUT2D eigenvalue weighted by Gasteiger charge is 2.30. The average Bonchev–Trinajstić information content (AvgIpc) is 3.28. The van der Waals surface area contributed by atoms with Gasteiger partial charge in [-0.25, -0.2) is 9.18 Å². The van der Waals surface area contributed by atoms with Gasteiger partial charge in [0.2, 0.25) is 0 Å². The number of amides is 1. The Balaban J connectivity index is 1.43. The summed E-state index contributed by atoms with van der Waals surface area (Å²) in [7, 11) is 0. The van der Waals surface area contributed by atoms with Gasteiger partial charge in [0.05, 0.1) is 27.8 Å². The monoisotopic (exact) mass is 405 g/mol. The van der Waals surface area contributed by atoms with Gasteiger partial charge in [-0.2, -0.15) is 0 Å². The molecule has 4 rings (SSSR count). The molecular formula is C18H18FN4O4S. The molecule has 1 radical (unpaired) electrons. The molecule has 1 atom stereocenters. The molecule has 0 N–H and O–H groups in total. The van der Waals surface area contributed by atoms with E-state index in [1.165, 1.54) is 17.0 Å². The fourth-order valence-electron chi connectivity index (χ4n) is 3.41. The Morgan fingerprint density at radius 2 is 1.89 bits per heavy atom. The van der Waals surface area contributed by atoms with Crippen LogP contribution in [0.1, 0.15) is 0 Å². The maximum atomic E-state index is 14.7. The van der Waals surface area contributed by atoms with E-state index in [4.69, 9.17) is 4.74 Å². The van der Waals surface area contributed by atoms with Gasteiger partial charge in [-0.1, -0.05) is 0 Å². The van der Waals surface area contributed by atoms with E-state index >= 15 is 0 Å². The van der Waals surface area contributed by atoms with E-state index in [2.05, 4.69) is 11.8 Å². The summed E-state index contributed by atoms with van der Waals surface area (Å²) < 4.78 is 19.7. The van der Waals surface area contributed by atoms with Crippen molar-refractivity contribution in [3.63, 3.8) is 0 Å². The number of nitrogens with zero attached hydrogens (tertiary/aromatic N) is 4. The van der Waals surface area contributed by atoms with E-state index < -0.39 is 22.9 Å². The molecular weight excluding hydrogens is 387 g/mol. The topological polar surface area (TPSA) is 79.2 Å². The molecule has 2 aliphatic heterocycles. The third kappa shape index (κ3) is 3.47. The van der Waals surface area contributed by atoms with Crippen LogP contribution in [0.15, 0.2) is 30.3 Å². The number of anilines is 3. The van der Waals surface area contributed by atoms with Crippen molar-refractivity contribution < 1.29 is 18.8 Å². The summed E-state index contributed by atoms with van der Waals surface area (Å²) >= 11 is 1.14. The molecule has 0 unspecified atom stereocenters. The third-order valence-electron chi connectivity index (χ3n) is 4.81. The van der Waals surface area contributed by atoms with Gasteiger partial charge in [0.25, 0.3) is 0 Å². The summed E-state index contributed by atoms with van der Waals surface area (Å²) in [5.74, 6) is -0.405. The summed E-state index contributed by atoms with van der Waals surface area (Å²) in [6.07, 6.45) is -0.984. The van der Waals surface area contributed by atoms with Gasteiger partial charge >= 0.3 is 11.1 Å². The van der Waals surface area contributed by atoms with Crippen molar-refractivity contribution in [1.82, 2.24) is 0 Å². The van der Waals surface area contributed by atoms with E-state index in [0.717, 1.165) is 16.3 Å². The number of carbonyl (C=O) groups is 1. The van der Waals surface area contributed by atoms with Crippen LogP contribution in [0.2, 0.25) is 0 Å². The third-order valence-corrected chi connectivity index (χ3v) is 5.90. The fraction of sp³-hybridized carbons (Fsp3) is 0.333. The Hall–Kier alpha value is -2.88. The maximum Gasteiger partial charge on any atom is 0.414 e. The number of nitro groups is 1. The van der Waals surface area contributed by atoms with Crippen LogP contribution in [0.25, 0.3) is 0 Å². The highest BCUT2D eigenvalue weighted by atomic mass is 32.1. The Morgan fingerprint density at radius 3 is 2.46 bits per heavy atom. The molecule has 0 saturated carbocycles. The lowest BCUT2D eigenvalue weighted by Gasteiger charge is -2.36. The molecule has 147 valence electrons. The molecule has 1 amide bonds. The quantitative estimate of drug-likeness (QED) is 0.574. The lowest BCUT2D eigenvalue weighted by molar-refractivity contribution is -0.380. The zero-order valence-electron chi connectivity index (χ0n) is 14.9. The Morgan fingerprint density at radius 1 is 1.18 bits per heavy atom. The number of thiophene rings is 1. The van der Waals surface area contributed by atoms with Gasteiger partial charge in [0, 0.05) is 32.2 Å². The smallest absolute Gasteiger partial charge is 0.414 e. The fourth-order valence-corrected chi connectivity index (χ4v) is 4.28. The molecule has 1 aromatic heterocycles. The zero-order chi connectivity index (χ0) is 19.8. The van der Waals surface area contributed by atoms with Gasteiger partial charge in [0.15, 0.2) is 0 Å². The molecule has 0 aliphatic carbocycles. The van der Waals surface area contributed by atoms with E-state index in [-0.39, 0.29) is 5.00 Å². The molecule has 0 spiro atoms. The van der Waals surface area contributed by atoms with Crippen LogP contribution in [0, 0.1) is 22.9 Å². The first-order chi connectivity index (χ1) is 13.4. The lowest BCUT2D eigenvalue weighted by atomic mass is 10.2. The van der Waals surface area contributed by atoms with Crippen LogP contribution in [0.3, 0.4) is 0 Å². The minimum Gasteiger partial charge on any atom is -0.444 e. The number of cyclic esters (lactones) is 1. The number of piperazine rings is 1. The molecule has 10 heteroatoms. The average molecular weight is 405 g/mol. The number of hydrogen-bond donors (Lipinski definition) is 0. The van der Waals surface area contributed by atoms with Crippen LogP contribution in [-0.2, 0) is 4.74 Å². The Bertz CT molecular complexity index is 913. The first-order valence-electron chi connectivity index (χ1n) is 8.77. The van der Waals surface area contributed by atoms with E-state index in [0.29, 0.717) is 44.1 Å². The van der Waals surface area contributed by atoms with Crippen LogP contribution in [0.5, 0.6) is 0 Å². The van der Waals surface area contributed by atoms with Gasteiger partial charge in [-0.05, 0) is 42.5 Å². The lowest BCUT2D eigenvalue weighted by Crippen LogP contribution is -2.46. The second kappa shape index (κ2) is 7.27. The summed E-state index contributed by atoms with van der Waals surface area (Å²) in [4.78, 5) is 27.6. The van der Waals surface area contributed by atoms with E-state index in [1.807, 2.05) is 4.90 Å². The summed E-state index contributed by atoms with van der Waals surface area (Å²) in [5, 5.41) is 11.8. The summed E-state index contributed by atoms with van der Waals surface area (Å²) in [5.41, 5.74) is 0.918. The molecule has 2 fully saturated rings. The second-order valence-corrected chi connectivity index (χ2v) is 7.64. The predicted octanol–water partition coefficient (Wildman–Crippen LogP) is 3.28. The van der Waals surface area contributed by atoms with Crippen LogP contribution in [0.4, 0.5) is 30.6 Å². The number of halogens is 1. The molecule has 28 heavy (non-hydrogen) atoms. The largest absolute Gasteiger partial charge is 0.444 e. The van der Waals surface area contributed by atoms with Crippen LogP contribution >= 0.6 is 11.3 Å². The number of rotatable bonds is 4. The normalized spacial score (nSPS) is 19.9. The standard InChI is InChI=1S/C18H18FN4O4S/c1-12-11-22(18(24)27-12)13-2-3-15(14(19)10-13)20-6-8-21(9-7-20)16-4-5-17(28-16)23(25)26/h2-5,10,12H,1,6-9,11H2/t12-/m1/s1. The van der Waals surface area contributed by atoms with Crippen molar-refractivity contribution in [2.24, 2.45) is 0 Å². The second-order valence-electron chi connectivity index (χ2n) is 6.60. The Kier molecular flexibility index (Phi) is 4.80. The summed E-state index contributed by atoms with van der Waals surface area (Å²) in [6.45, 7) is 6.45. The van der Waals surface area contributed by atoms with Crippen molar-refractivity contribution in [2.45, 2.75) is 6.10 Å². The highest BCUT2D eigenvalue weighted by molar-refractivity contribution is 7.19. The van der Waals surface area contributed by atoms with Crippen LogP contribution in [-0.4, -0.2) is 49.8 Å². The molecule has 2 aliphatic rings. The van der Waals surface area contributed by atoms with Crippen molar-refractivity contribution in [3.05, 3.63) is 53.2 Å². The molecule has 0 bridgehead atoms. The molecule has 2 saturated heterocycles. The van der Waals surface area contributed by atoms with E-state index in [1.54, 1.807) is 18.2 Å². The van der Waals surface area contributed by atoms with Crippen molar-refractivity contribution in [1.29, 1.82) is 0 Å². The van der Waals surface area contributed by atoms with Gasteiger partial charge in [-0.15, -0.1) is 0 Å². The minimum absolute atomic E-state index is 0.115. The van der Waals surface area contributed by atoms with Gasteiger partial charge in [-0.3, -0.25) is 15.0 Å². The molecule has 8 nitrogen and oxygen atoms in total.